The van der Waals surface area contributed by atoms with E-state index in [1.165, 1.54) is 12.8 Å². The van der Waals surface area contributed by atoms with Crippen molar-refractivity contribution in [2.24, 2.45) is 5.92 Å². The third kappa shape index (κ3) is 2.84. The average molecular weight is 331 g/mol. The molecule has 1 unspecified atom stereocenters. The van der Waals surface area contributed by atoms with Crippen molar-refractivity contribution in [1.82, 2.24) is 15.1 Å². The van der Waals surface area contributed by atoms with Crippen LogP contribution in [0.15, 0.2) is 35.4 Å². The van der Waals surface area contributed by atoms with Crippen LogP contribution in [0.4, 0.5) is 0 Å². The Bertz CT molecular complexity index is 599. The van der Waals surface area contributed by atoms with E-state index in [1.54, 1.807) is 4.90 Å². The zero-order chi connectivity index (χ0) is 16.5. The van der Waals surface area contributed by atoms with E-state index in [4.69, 9.17) is 4.74 Å². The van der Waals surface area contributed by atoms with E-state index in [9.17, 15) is 9.90 Å². The highest BCUT2D eigenvalue weighted by Crippen LogP contribution is 2.34. The number of aliphatic hydroxyl groups excluding tert-OH is 1. The normalized spacial score (nSPS) is 28.8. The van der Waals surface area contributed by atoms with Crippen LogP contribution in [0.25, 0.3) is 0 Å². The number of nitrogens with one attached hydrogen (secondary N) is 1. The quantitative estimate of drug-likeness (QED) is 0.820. The van der Waals surface area contributed by atoms with E-state index < -0.39 is 6.17 Å². The molecule has 24 heavy (non-hydrogen) atoms. The molecule has 3 heterocycles. The van der Waals surface area contributed by atoms with Crippen molar-refractivity contribution in [1.29, 1.82) is 0 Å². The first kappa shape index (κ1) is 15.7. The lowest BCUT2D eigenvalue weighted by Crippen LogP contribution is -2.52. The van der Waals surface area contributed by atoms with E-state index in [0.29, 0.717) is 12.5 Å². The molecular weight excluding hydrogens is 306 g/mol. The van der Waals surface area contributed by atoms with Crippen LogP contribution in [0.1, 0.15) is 25.7 Å². The van der Waals surface area contributed by atoms with Crippen molar-refractivity contribution < 1.29 is 14.6 Å². The first-order chi connectivity index (χ1) is 11.7. The highest BCUT2D eigenvalue weighted by atomic mass is 16.5. The van der Waals surface area contributed by atoms with Gasteiger partial charge >= 0.3 is 0 Å². The average Bonchev–Trinajstić information content (AvgIpc) is 3.13. The second-order valence-electron chi connectivity index (χ2n) is 6.98. The summed E-state index contributed by atoms with van der Waals surface area (Å²) in [6, 6.07) is 0. The highest BCUT2D eigenvalue weighted by molar-refractivity contribution is 5.96. The molecule has 0 bridgehead atoms. The molecule has 1 saturated carbocycles. The minimum Gasteiger partial charge on any atom is -0.508 e. The third-order valence-electron chi connectivity index (χ3n) is 5.47. The highest BCUT2D eigenvalue weighted by Gasteiger charge is 2.37. The topological polar surface area (TPSA) is 65.0 Å². The smallest absolute Gasteiger partial charge is 0.257 e. The van der Waals surface area contributed by atoms with E-state index >= 15 is 0 Å². The molecule has 0 aromatic heterocycles. The molecule has 2 fully saturated rings. The van der Waals surface area contributed by atoms with Crippen LogP contribution in [-0.2, 0) is 9.53 Å². The number of nitrogens with zero attached hydrogens (tertiary/aromatic N) is 2. The van der Waals surface area contributed by atoms with Gasteiger partial charge < -0.3 is 15.2 Å². The number of fused-ring (bicyclic) bond motifs is 1. The molecule has 4 rings (SSSR count). The van der Waals surface area contributed by atoms with E-state index in [2.05, 4.69) is 10.2 Å². The standard InChI is InChI=1S/C18H25N3O3/c22-16-14(12-20-7-9-24-10-8-20)5-6-21-17(16)19-11-15(18(21)23)13-3-1-2-4-13/h5-6,11,13,17,19,22H,1-4,7-10,12H2. The summed E-state index contributed by atoms with van der Waals surface area (Å²) in [6.45, 7) is 3.90. The van der Waals surface area contributed by atoms with Crippen molar-refractivity contribution in [3.05, 3.63) is 35.4 Å². The summed E-state index contributed by atoms with van der Waals surface area (Å²) >= 11 is 0. The van der Waals surface area contributed by atoms with Gasteiger partial charge in [0.1, 0.15) is 5.76 Å². The largest absolute Gasteiger partial charge is 0.508 e. The number of rotatable bonds is 3. The molecular formula is C18H25N3O3. The third-order valence-corrected chi connectivity index (χ3v) is 5.47. The Kier molecular flexibility index (Phi) is 4.33. The predicted octanol–water partition coefficient (Wildman–Crippen LogP) is 1.49. The Morgan fingerprint density at radius 1 is 1.25 bits per heavy atom. The molecule has 1 aliphatic carbocycles. The fourth-order valence-corrected chi connectivity index (χ4v) is 4.04. The SMILES string of the molecule is O=C1C(C2CCCC2)=CNC2C(O)=C(CN3CCOCC3)C=CN12. The number of hydrogen-bond acceptors (Lipinski definition) is 5. The maximum atomic E-state index is 12.8. The van der Waals surface area contributed by atoms with Crippen LogP contribution in [0.3, 0.4) is 0 Å². The van der Waals surface area contributed by atoms with Gasteiger partial charge in [-0.05, 0) is 24.8 Å². The molecule has 4 aliphatic rings. The van der Waals surface area contributed by atoms with E-state index in [0.717, 1.165) is 50.3 Å². The monoisotopic (exact) mass is 331 g/mol. The van der Waals surface area contributed by atoms with Gasteiger partial charge in [0.05, 0.1) is 13.2 Å². The summed E-state index contributed by atoms with van der Waals surface area (Å²) in [5.41, 5.74) is 1.73. The molecule has 1 atom stereocenters. The second kappa shape index (κ2) is 6.61. The maximum Gasteiger partial charge on any atom is 0.257 e. The van der Waals surface area contributed by atoms with Gasteiger partial charge in [-0.1, -0.05) is 12.8 Å². The van der Waals surface area contributed by atoms with Gasteiger partial charge in [-0.15, -0.1) is 0 Å². The van der Waals surface area contributed by atoms with Crippen molar-refractivity contribution in [3.63, 3.8) is 0 Å². The predicted molar refractivity (Wildman–Crippen MR) is 89.9 cm³/mol. The van der Waals surface area contributed by atoms with Gasteiger partial charge in [0.2, 0.25) is 0 Å². The number of carbonyl (C=O) groups is 1. The number of hydrogen-bond donors (Lipinski definition) is 2. The Balaban J connectivity index is 1.50. The lowest BCUT2D eigenvalue weighted by molar-refractivity contribution is -0.128. The van der Waals surface area contributed by atoms with Gasteiger partial charge in [-0.25, -0.2) is 0 Å². The number of amides is 1. The van der Waals surface area contributed by atoms with Crippen LogP contribution in [0.5, 0.6) is 0 Å². The number of carbonyl (C=O) groups excluding carboxylic acids is 1. The summed E-state index contributed by atoms with van der Waals surface area (Å²) < 4.78 is 5.36. The van der Waals surface area contributed by atoms with Crippen LogP contribution in [0, 0.1) is 5.92 Å². The minimum absolute atomic E-state index is 0.0267. The molecule has 1 amide bonds. The fraction of sp³-hybridized carbons (Fsp3) is 0.611. The first-order valence-electron chi connectivity index (χ1n) is 8.93. The zero-order valence-electron chi connectivity index (χ0n) is 13.9. The van der Waals surface area contributed by atoms with Gasteiger partial charge in [0.25, 0.3) is 5.91 Å². The van der Waals surface area contributed by atoms with Gasteiger partial charge in [-0.3, -0.25) is 14.6 Å². The van der Waals surface area contributed by atoms with Gasteiger partial charge in [0, 0.05) is 43.2 Å². The van der Waals surface area contributed by atoms with Crippen LogP contribution in [-0.4, -0.2) is 59.8 Å². The van der Waals surface area contributed by atoms with Gasteiger partial charge in [0.15, 0.2) is 6.17 Å². The molecule has 0 radical (unpaired) electrons. The van der Waals surface area contributed by atoms with Crippen molar-refractivity contribution in [2.75, 3.05) is 32.8 Å². The number of morpholine rings is 1. The molecule has 3 aliphatic heterocycles. The number of ether oxygens (including phenoxy) is 1. The molecule has 130 valence electrons. The fourth-order valence-electron chi connectivity index (χ4n) is 4.04. The van der Waals surface area contributed by atoms with Crippen LogP contribution >= 0.6 is 0 Å². The van der Waals surface area contributed by atoms with E-state index in [-0.39, 0.29) is 11.7 Å². The lowest BCUT2D eigenvalue weighted by atomic mass is 9.94. The summed E-state index contributed by atoms with van der Waals surface area (Å²) in [4.78, 5) is 16.7. The zero-order valence-corrected chi connectivity index (χ0v) is 13.9. The van der Waals surface area contributed by atoms with E-state index in [1.807, 2.05) is 18.5 Å². The van der Waals surface area contributed by atoms with Gasteiger partial charge in [-0.2, -0.15) is 0 Å². The summed E-state index contributed by atoms with van der Waals surface area (Å²) in [5.74, 6) is 0.637. The molecule has 0 aromatic carbocycles. The second-order valence-corrected chi connectivity index (χ2v) is 6.98. The summed E-state index contributed by atoms with van der Waals surface area (Å²) in [6.07, 6.45) is 9.63. The molecule has 6 heteroatoms. The van der Waals surface area contributed by atoms with Crippen molar-refractivity contribution in [2.45, 2.75) is 31.8 Å². The minimum atomic E-state index is -0.469. The maximum absolute atomic E-state index is 12.8. The van der Waals surface area contributed by atoms with Crippen LogP contribution in [0.2, 0.25) is 0 Å². The van der Waals surface area contributed by atoms with Crippen molar-refractivity contribution >= 4 is 5.91 Å². The molecule has 6 nitrogen and oxygen atoms in total. The first-order valence-corrected chi connectivity index (χ1v) is 8.93. The Hall–Kier alpha value is -1.79. The Labute approximate surface area is 142 Å². The van der Waals surface area contributed by atoms with Crippen molar-refractivity contribution in [3.8, 4) is 0 Å². The summed E-state index contributed by atoms with van der Waals surface area (Å²) in [5, 5.41) is 13.9. The molecule has 0 spiro atoms. The Morgan fingerprint density at radius 3 is 2.75 bits per heavy atom. The Morgan fingerprint density at radius 2 is 2.00 bits per heavy atom. The summed E-state index contributed by atoms with van der Waals surface area (Å²) in [7, 11) is 0. The van der Waals surface area contributed by atoms with Crippen LogP contribution < -0.4 is 5.32 Å². The molecule has 0 aromatic rings. The molecule has 2 N–H and O–H groups in total. The lowest BCUT2D eigenvalue weighted by Gasteiger charge is -2.38. The molecule has 1 saturated heterocycles. The number of aliphatic hydroxyl groups is 1.